The van der Waals surface area contributed by atoms with Crippen LogP contribution in [-0.4, -0.2) is 31.4 Å². The number of phenols is 1. The zero-order chi connectivity index (χ0) is 29.9. The van der Waals surface area contributed by atoms with E-state index in [1.165, 1.54) is 19.2 Å². The Hall–Kier alpha value is -4.52. The highest BCUT2D eigenvalue weighted by molar-refractivity contribution is 5.92. The van der Waals surface area contributed by atoms with Crippen LogP contribution in [0.1, 0.15) is 54.6 Å². The van der Waals surface area contributed by atoms with Gasteiger partial charge in [-0.1, -0.05) is 50.6 Å². The second kappa shape index (κ2) is 14.9. The SMILES string of the molecule is CCCCc1c(OCCCOc2cc(O)c(-c3ccc(F)cc3)cc2CC)cccc1Oc1ccccc1C(=O)OC. The van der Waals surface area contributed by atoms with Crippen LogP contribution in [0.2, 0.25) is 0 Å². The Balaban J connectivity index is 1.42. The summed E-state index contributed by atoms with van der Waals surface area (Å²) < 4.78 is 36.7. The highest BCUT2D eigenvalue weighted by atomic mass is 19.1. The molecule has 4 aromatic rings. The minimum Gasteiger partial charge on any atom is -0.507 e. The van der Waals surface area contributed by atoms with Crippen molar-refractivity contribution in [3.8, 4) is 39.9 Å². The summed E-state index contributed by atoms with van der Waals surface area (Å²) in [6.07, 6.45) is 4.06. The zero-order valence-electron chi connectivity index (χ0n) is 24.3. The van der Waals surface area contributed by atoms with Gasteiger partial charge in [0.05, 0.1) is 20.3 Å². The standard InChI is InChI=1S/C35H37FO6/c1-4-6-11-27-31(14-9-15-32(27)42-33-13-8-7-12-28(33)35(38)39-3)40-20-10-21-41-34-23-30(37)29(22-24(34)5-2)25-16-18-26(36)19-17-25/h7-9,12-19,22-23,37H,4-6,10-11,20-21H2,1-3H3. The molecule has 0 radical (unpaired) electrons. The summed E-state index contributed by atoms with van der Waals surface area (Å²) in [7, 11) is 1.35. The average molecular weight is 573 g/mol. The number of ether oxygens (including phenoxy) is 4. The number of carbonyl (C=O) groups excluding carboxylic acids is 1. The molecule has 4 aromatic carbocycles. The maximum Gasteiger partial charge on any atom is 0.341 e. The number of methoxy groups -OCH3 is 1. The fourth-order valence-corrected chi connectivity index (χ4v) is 4.64. The van der Waals surface area contributed by atoms with E-state index < -0.39 is 5.97 Å². The molecule has 4 rings (SSSR count). The summed E-state index contributed by atoms with van der Waals surface area (Å²) in [5.41, 5.74) is 3.62. The molecule has 0 amide bonds. The van der Waals surface area contributed by atoms with Crippen LogP contribution >= 0.6 is 0 Å². The number of aromatic hydroxyl groups is 1. The van der Waals surface area contributed by atoms with Crippen LogP contribution in [0.4, 0.5) is 4.39 Å². The molecule has 0 heterocycles. The van der Waals surface area contributed by atoms with E-state index in [0.717, 1.165) is 41.7 Å². The van der Waals surface area contributed by atoms with Gasteiger partial charge in [-0.25, -0.2) is 9.18 Å². The van der Waals surface area contributed by atoms with E-state index in [1.54, 1.807) is 36.4 Å². The maximum absolute atomic E-state index is 13.3. The topological polar surface area (TPSA) is 74.2 Å². The molecule has 0 aliphatic heterocycles. The van der Waals surface area contributed by atoms with Gasteiger partial charge in [0, 0.05) is 23.6 Å². The van der Waals surface area contributed by atoms with Crippen molar-refractivity contribution in [2.45, 2.75) is 46.0 Å². The Kier molecular flexibility index (Phi) is 10.8. The lowest BCUT2D eigenvalue weighted by atomic mass is 10.00. The molecule has 0 atom stereocenters. The third-order valence-corrected chi connectivity index (χ3v) is 6.90. The highest BCUT2D eigenvalue weighted by Crippen LogP contribution is 2.37. The predicted molar refractivity (Wildman–Crippen MR) is 161 cm³/mol. The first-order chi connectivity index (χ1) is 20.4. The van der Waals surface area contributed by atoms with Crippen molar-refractivity contribution in [2.24, 2.45) is 0 Å². The van der Waals surface area contributed by atoms with Crippen molar-refractivity contribution >= 4 is 5.97 Å². The molecule has 7 heteroatoms. The van der Waals surface area contributed by atoms with Gasteiger partial charge < -0.3 is 24.1 Å². The number of phenolic OH excluding ortho intramolecular Hbond substituents is 1. The second-order valence-electron chi connectivity index (χ2n) is 9.81. The van der Waals surface area contributed by atoms with Crippen molar-refractivity contribution in [3.05, 3.63) is 101 Å². The molecule has 1 N–H and O–H groups in total. The lowest BCUT2D eigenvalue weighted by Crippen LogP contribution is -2.08. The highest BCUT2D eigenvalue weighted by Gasteiger charge is 2.17. The molecule has 0 fully saturated rings. The fourth-order valence-electron chi connectivity index (χ4n) is 4.64. The Labute approximate surface area is 246 Å². The van der Waals surface area contributed by atoms with Crippen LogP contribution < -0.4 is 14.2 Å². The predicted octanol–water partition coefficient (Wildman–Crippen LogP) is 8.53. The Morgan fingerprint density at radius 2 is 1.50 bits per heavy atom. The molecule has 0 aliphatic rings. The van der Waals surface area contributed by atoms with Gasteiger partial charge in [0.1, 0.15) is 40.1 Å². The first-order valence-corrected chi connectivity index (χ1v) is 14.3. The minimum absolute atomic E-state index is 0.0798. The molecule has 0 unspecified atom stereocenters. The number of rotatable bonds is 14. The molecular weight excluding hydrogens is 535 g/mol. The van der Waals surface area contributed by atoms with Crippen LogP contribution in [0.3, 0.4) is 0 Å². The van der Waals surface area contributed by atoms with Gasteiger partial charge in [0.15, 0.2) is 0 Å². The fraction of sp³-hybridized carbons (Fsp3) is 0.286. The lowest BCUT2D eigenvalue weighted by molar-refractivity contribution is 0.0598. The third kappa shape index (κ3) is 7.60. The van der Waals surface area contributed by atoms with Crippen molar-refractivity contribution in [1.29, 1.82) is 0 Å². The first kappa shape index (κ1) is 30.4. The van der Waals surface area contributed by atoms with Crippen LogP contribution in [0, 0.1) is 5.82 Å². The van der Waals surface area contributed by atoms with Crippen LogP contribution in [0.5, 0.6) is 28.7 Å². The Morgan fingerprint density at radius 3 is 2.21 bits per heavy atom. The van der Waals surface area contributed by atoms with Gasteiger partial charge in [-0.2, -0.15) is 0 Å². The van der Waals surface area contributed by atoms with Crippen molar-refractivity contribution in [1.82, 2.24) is 0 Å². The van der Waals surface area contributed by atoms with Gasteiger partial charge >= 0.3 is 5.97 Å². The molecule has 6 nitrogen and oxygen atoms in total. The van der Waals surface area contributed by atoms with E-state index in [-0.39, 0.29) is 11.6 Å². The zero-order valence-corrected chi connectivity index (χ0v) is 24.3. The van der Waals surface area contributed by atoms with Gasteiger partial charge in [-0.3, -0.25) is 0 Å². The Bertz CT molecular complexity index is 1480. The number of unbranched alkanes of at least 4 members (excludes halogenated alkanes) is 1. The largest absolute Gasteiger partial charge is 0.507 e. The molecular formula is C35H37FO6. The number of halogens is 1. The molecule has 0 aromatic heterocycles. The molecule has 42 heavy (non-hydrogen) atoms. The second-order valence-corrected chi connectivity index (χ2v) is 9.81. The van der Waals surface area contributed by atoms with E-state index in [2.05, 4.69) is 6.92 Å². The number of hydrogen-bond acceptors (Lipinski definition) is 6. The number of para-hydroxylation sites is 1. The van der Waals surface area contributed by atoms with E-state index in [4.69, 9.17) is 18.9 Å². The summed E-state index contributed by atoms with van der Waals surface area (Å²) in [6.45, 7) is 4.97. The quantitative estimate of drug-likeness (QED) is 0.121. The summed E-state index contributed by atoms with van der Waals surface area (Å²) in [5, 5.41) is 10.6. The summed E-state index contributed by atoms with van der Waals surface area (Å²) >= 11 is 0. The van der Waals surface area contributed by atoms with Gasteiger partial charge in [-0.15, -0.1) is 0 Å². The first-order valence-electron chi connectivity index (χ1n) is 14.3. The van der Waals surface area contributed by atoms with Crippen LogP contribution in [0.15, 0.2) is 78.9 Å². The average Bonchev–Trinajstić information content (AvgIpc) is 3.01. The van der Waals surface area contributed by atoms with Crippen LogP contribution in [0.25, 0.3) is 11.1 Å². The van der Waals surface area contributed by atoms with E-state index >= 15 is 0 Å². The summed E-state index contributed by atoms with van der Waals surface area (Å²) in [4.78, 5) is 12.2. The van der Waals surface area contributed by atoms with E-state index in [1.807, 2.05) is 37.3 Å². The van der Waals surface area contributed by atoms with E-state index in [0.29, 0.717) is 54.4 Å². The normalized spacial score (nSPS) is 10.8. The van der Waals surface area contributed by atoms with Gasteiger partial charge in [0.25, 0.3) is 0 Å². The monoisotopic (exact) mass is 572 g/mol. The Morgan fingerprint density at radius 1 is 0.810 bits per heavy atom. The summed E-state index contributed by atoms with van der Waals surface area (Å²) in [6, 6.07) is 22.2. The number of carbonyl (C=O) groups is 1. The van der Waals surface area contributed by atoms with Crippen LogP contribution in [-0.2, 0) is 17.6 Å². The van der Waals surface area contributed by atoms with Crippen molar-refractivity contribution in [3.63, 3.8) is 0 Å². The third-order valence-electron chi connectivity index (χ3n) is 6.90. The van der Waals surface area contributed by atoms with Gasteiger partial charge in [-0.05, 0) is 72.9 Å². The smallest absolute Gasteiger partial charge is 0.341 e. The summed E-state index contributed by atoms with van der Waals surface area (Å²) in [5.74, 6) is 1.70. The minimum atomic E-state index is -0.460. The molecule has 0 saturated heterocycles. The molecule has 0 aliphatic carbocycles. The lowest BCUT2D eigenvalue weighted by Gasteiger charge is -2.18. The number of aryl methyl sites for hydroxylation is 1. The molecule has 0 spiro atoms. The van der Waals surface area contributed by atoms with Crippen molar-refractivity contribution in [2.75, 3.05) is 20.3 Å². The van der Waals surface area contributed by atoms with Gasteiger partial charge in [0.2, 0.25) is 0 Å². The molecule has 0 bridgehead atoms. The number of esters is 1. The number of hydrogen-bond donors (Lipinski definition) is 1. The maximum atomic E-state index is 13.3. The number of benzene rings is 4. The molecule has 0 saturated carbocycles. The van der Waals surface area contributed by atoms with E-state index in [9.17, 15) is 14.3 Å². The molecule has 220 valence electrons. The van der Waals surface area contributed by atoms with Crippen molar-refractivity contribution < 1.29 is 33.2 Å².